The zero-order valence-electron chi connectivity index (χ0n) is 10.8. The lowest BCUT2D eigenvalue weighted by Crippen LogP contribution is -2.60. The van der Waals surface area contributed by atoms with Gasteiger partial charge < -0.3 is 10.0 Å². The predicted molar refractivity (Wildman–Crippen MR) is 67.8 cm³/mol. The maximum absolute atomic E-state index is 12.2. The van der Waals surface area contributed by atoms with E-state index in [0.717, 1.165) is 5.56 Å². The van der Waals surface area contributed by atoms with Crippen LogP contribution >= 0.6 is 0 Å². The minimum absolute atomic E-state index is 0.0121. The van der Waals surface area contributed by atoms with Gasteiger partial charge in [-0.2, -0.15) is 0 Å². The second-order valence-corrected chi connectivity index (χ2v) is 4.79. The Morgan fingerprint density at radius 3 is 2.94 bits per heavy atom. The molecule has 2 heterocycles. The van der Waals surface area contributed by atoms with Gasteiger partial charge in [0.25, 0.3) is 0 Å². The number of aliphatic hydroxyl groups excluding tert-OH is 1. The molecular weight excluding hydrogens is 230 g/mol. The van der Waals surface area contributed by atoms with Gasteiger partial charge in [-0.3, -0.25) is 14.7 Å². The molecule has 1 aliphatic heterocycles. The molecule has 0 aliphatic carbocycles. The van der Waals surface area contributed by atoms with E-state index in [1.807, 2.05) is 24.1 Å². The second-order valence-electron chi connectivity index (χ2n) is 4.79. The average Bonchev–Trinajstić information content (AvgIpc) is 2.38. The standard InChI is InChI=1S/C13H19N3O2/c1-10-7-16(8-11-4-3-5-14-6-11)13(18)12(9-17)15(10)2/h3-6,10,12,17H,7-9H2,1-2H3. The Bertz CT molecular complexity index is 410. The molecule has 0 bridgehead atoms. The van der Waals surface area contributed by atoms with Crippen molar-refractivity contribution in [1.82, 2.24) is 14.8 Å². The first-order chi connectivity index (χ1) is 8.63. The molecule has 2 rings (SSSR count). The molecule has 1 N–H and O–H groups in total. The minimum Gasteiger partial charge on any atom is -0.394 e. The molecule has 2 atom stereocenters. The molecule has 1 aromatic rings. The van der Waals surface area contributed by atoms with Crippen molar-refractivity contribution < 1.29 is 9.90 Å². The van der Waals surface area contributed by atoms with Gasteiger partial charge >= 0.3 is 0 Å². The van der Waals surface area contributed by atoms with Crippen LogP contribution in [0.3, 0.4) is 0 Å². The summed E-state index contributed by atoms with van der Waals surface area (Å²) < 4.78 is 0. The molecule has 0 radical (unpaired) electrons. The van der Waals surface area contributed by atoms with Crippen molar-refractivity contribution in [3.8, 4) is 0 Å². The topological polar surface area (TPSA) is 56.7 Å². The summed E-state index contributed by atoms with van der Waals surface area (Å²) in [6, 6.07) is 3.64. The zero-order chi connectivity index (χ0) is 13.1. The molecule has 1 amide bonds. The number of likely N-dealkylation sites (N-methyl/N-ethyl adjacent to an activating group) is 1. The Hall–Kier alpha value is -1.46. The molecule has 1 aliphatic rings. The van der Waals surface area contributed by atoms with Gasteiger partial charge in [0.15, 0.2) is 0 Å². The molecule has 2 unspecified atom stereocenters. The van der Waals surface area contributed by atoms with Gasteiger partial charge in [-0.05, 0) is 25.6 Å². The Kier molecular flexibility index (Phi) is 3.93. The fraction of sp³-hybridized carbons (Fsp3) is 0.538. The maximum Gasteiger partial charge on any atom is 0.242 e. The van der Waals surface area contributed by atoms with Crippen molar-refractivity contribution in [1.29, 1.82) is 0 Å². The third-order valence-electron chi connectivity index (χ3n) is 3.54. The molecular formula is C13H19N3O2. The van der Waals surface area contributed by atoms with Crippen LogP contribution in [0.4, 0.5) is 0 Å². The SMILES string of the molecule is CC1CN(Cc2cccnc2)C(=O)C(CO)N1C. The summed E-state index contributed by atoms with van der Waals surface area (Å²) in [7, 11) is 1.88. The lowest BCUT2D eigenvalue weighted by molar-refractivity contribution is -0.146. The zero-order valence-corrected chi connectivity index (χ0v) is 10.8. The maximum atomic E-state index is 12.2. The van der Waals surface area contributed by atoms with Crippen LogP contribution < -0.4 is 0 Å². The van der Waals surface area contributed by atoms with Gasteiger partial charge in [0.1, 0.15) is 6.04 Å². The van der Waals surface area contributed by atoms with Crippen LogP contribution in [-0.4, -0.2) is 58.1 Å². The van der Waals surface area contributed by atoms with Crippen LogP contribution in [0.25, 0.3) is 0 Å². The normalized spacial score (nSPS) is 25.5. The summed E-state index contributed by atoms with van der Waals surface area (Å²) in [5.41, 5.74) is 1.01. The van der Waals surface area contributed by atoms with E-state index in [2.05, 4.69) is 11.9 Å². The van der Waals surface area contributed by atoms with Crippen LogP contribution in [0.15, 0.2) is 24.5 Å². The predicted octanol–water partition coefficient (Wildman–Crippen LogP) is 0.105. The number of nitrogens with zero attached hydrogens (tertiary/aromatic N) is 3. The molecule has 1 aromatic heterocycles. The summed E-state index contributed by atoms with van der Waals surface area (Å²) in [6.07, 6.45) is 3.48. The molecule has 0 spiro atoms. The second kappa shape index (κ2) is 5.46. The van der Waals surface area contributed by atoms with Crippen LogP contribution in [0.1, 0.15) is 12.5 Å². The Morgan fingerprint density at radius 2 is 2.33 bits per heavy atom. The summed E-state index contributed by atoms with van der Waals surface area (Å²) in [5, 5.41) is 9.33. The lowest BCUT2D eigenvalue weighted by Gasteiger charge is -2.42. The molecule has 0 aromatic carbocycles. The highest BCUT2D eigenvalue weighted by molar-refractivity contribution is 5.83. The van der Waals surface area contributed by atoms with E-state index in [1.165, 1.54) is 0 Å². The van der Waals surface area contributed by atoms with Crippen molar-refractivity contribution in [3.63, 3.8) is 0 Å². The van der Waals surface area contributed by atoms with E-state index < -0.39 is 6.04 Å². The van der Waals surface area contributed by atoms with Gasteiger partial charge in [-0.1, -0.05) is 6.07 Å². The van der Waals surface area contributed by atoms with Crippen molar-refractivity contribution in [3.05, 3.63) is 30.1 Å². The summed E-state index contributed by atoms with van der Waals surface area (Å²) in [5.74, 6) is -0.0121. The fourth-order valence-electron chi connectivity index (χ4n) is 2.29. The first kappa shape index (κ1) is 13.0. The highest BCUT2D eigenvalue weighted by Crippen LogP contribution is 2.17. The third kappa shape index (κ3) is 2.52. The number of piperazine rings is 1. The molecule has 0 saturated carbocycles. The quantitative estimate of drug-likeness (QED) is 0.826. The lowest BCUT2D eigenvalue weighted by atomic mass is 10.1. The van der Waals surface area contributed by atoms with E-state index in [0.29, 0.717) is 13.1 Å². The van der Waals surface area contributed by atoms with Gasteiger partial charge in [0.05, 0.1) is 6.61 Å². The van der Waals surface area contributed by atoms with Crippen molar-refractivity contribution in [2.24, 2.45) is 0 Å². The van der Waals surface area contributed by atoms with Crippen LogP contribution in [0.5, 0.6) is 0 Å². The van der Waals surface area contributed by atoms with Gasteiger partial charge in [-0.25, -0.2) is 0 Å². The highest BCUT2D eigenvalue weighted by Gasteiger charge is 2.35. The third-order valence-corrected chi connectivity index (χ3v) is 3.54. The molecule has 5 nitrogen and oxygen atoms in total. The Labute approximate surface area is 107 Å². The van der Waals surface area contributed by atoms with Crippen molar-refractivity contribution >= 4 is 5.91 Å². The summed E-state index contributed by atoms with van der Waals surface area (Å²) in [6.45, 7) is 3.16. The number of pyridine rings is 1. The van der Waals surface area contributed by atoms with Crippen molar-refractivity contribution in [2.75, 3.05) is 20.2 Å². The number of amides is 1. The number of rotatable bonds is 3. The number of hydrogen-bond acceptors (Lipinski definition) is 4. The fourth-order valence-corrected chi connectivity index (χ4v) is 2.29. The van der Waals surface area contributed by atoms with Gasteiger partial charge in [-0.15, -0.1) is 0 Å². The highest BCUT2D eigenvalue weighted by atomic mass is 16.3. The van der Waals surface area contributed by atoms with E-state index in [-0.39, 0.29) is 18.6 Å². The molecule has 18 heavy (non-hydrogen) atoms. The van der Waals surface area contributed by atoms with E-state index in [9.17, 15) is 9.90 Å². The molecule has 1 fully saturated rings. The largest absolute Gasteiger partial charge is 0.394 e. The van der Waals surface area contributed by atoms with Crippen molar-refractivity contribution in [2.45, 2.75) is 25.6 Å². The van der Waals surface area contributed by atoms with E-state index in [4.69, 9.17) is 0 Å². The van der Waals surface area contributed by atoms with Gasteiger partial charge in [0, 0.05) is 31.5 Å². The van der Waals surface area contributed by atoms with Crippen LogP contribution in [-0.2, 0) is 11.3 Å². The first-order valence-electron chi connectivity index (χ1n) is 6.14. The number of aromatic nitrogens is 1. The number of carbonyl (C=O) groups excluding carboxylic acids is 1. The minimum atomic E-state index is -0.426. The summed E-state index contributed by atoms with van der Waals surface area (Å²) >= 11 is 0. The number of hydrogen-bond donors (Lipinski definition) is 1. The van der Waals surface area contributed by atoms with Crippen LogP contribution in [0, 0.1) is 0 Å². The van der Waals surface area contributed by atoms with Crippen LogP contribution in [0.2, 0.25) is 0 Å². The number of carbonyl (C=O) groups is 1. The molecule has 1 saturated heterocycles. The number of aliphatic hydroxyl groups is 1. The Balaban J connectivity index is 2.11. The van der Waals surface area contributed by atoms with Gasteiger partial charge in [0.2, 0.25) is 5.91 Å². The smallest absolute Gasteiger partial charge is 0.242 e. The average molecular weight is 249 g/mol. The monoisotopic (exact) mass is 249 g/mol. The molecule has 5 heteroatoms. The first-order valence-corrected chi connectivity index (χ1v) is 6.14. The Morgan fingerprint density at radius 1 is 1.56 bits per heavy atom. The van der Waals surface area contributed by atoms with E-state index in [1.54, 1.807) is 17.3 Å². The molecule has 98 valence electrons. The summed E-state index contributed by atoms with van der Waals surface area (Å²) in [4.78, 5) is 20.0. The van der Waals surface area contributed by atoms with E-state index >= 15 is 0 Å².